The molecule has 1 aromatic heterocycles. The second-order valence-corrected chi connectivity index (χ2v) is 27.6. The summed E-state index contributed by atoms with van der Waals surface area (Å²) in [6.07, 6.45) is 0. The number of hydrogen-bond acceptors (Lipinski definition) is 3. The predicted octanol–water partition coefficient (Wildman–Crippen LogP) is 14.7. The van der Waals surface area contributed by atoms with E-state index in [9.17, 15) is 0 Å². The summed E-state index contributed by atoms with van der Waals surface area (Å²) in [7, 11) is -3.73. The summed E-state index contributed by atoms with van der Waals surface area (Å²) < 4.78 is 6.80. The summed E-state index contributed by atoms with van der Waals surface area (Å²) in [4.78, 5) is 4.88. The predicted molar refractivity (Wildman–Crippen MR) is 271 cm³/mol. The third kappa shape index (κ3) is 6.14. The van der Waals surface area contributed by atoms with Gasteiger partial charge in [0, 0.05) is 38.8 Å². The molecule has 0 unspecified atom stereocenters. The molecule has 1 aliphatic rings. The topological polar surface area (TPSA) is 19.6 Å². The van der Waals surface area contributed by atoms with Gasteiger partial charge in [0.1, 0.15) is 13.7 Å². The molecule has 0 atom stereocenters. The van der Waals surface area contributed by atoms with Crippen LogP contribution in [-0.4, -0.2) is 16.1 Å². The Kier molecular flexibility index (Phi) is 8.97. The van der Waals surface area contributed by atoms with E-state index < -0.39 is 16.1 Å². The lowest BCUT2D eigenvalue weighted by Gasteiger charge is -2.36. The van der Waals surface area contributed by atoms with E-state index in [-0.39, 0.29) is 0 Å². The Hall–Kier alpha value is -6.93. The molecular weight excluding hydrogens is 785 g/mol. The van der Waals surface area contributed by atoms with E-state index in [0.717, 1.165) is 50.3 Å². The fourth-order valence-corrected chi connectivity index (χ4v) is 14.1. The first-order chi connectivity index (χ1) is 30.2. The van der Waals surface area contributed by atoms with Gasteiger partial charge in [0.2, 0.25) is 0 Å². The number of para-hydroxylation sites is 4. The van der Waals surface area contributed by atoms with Crippen molar-refractivity contribution >= 4 is 98.5 Å². The molecule has 0 saturated carbocycles. The average Bonchev–Trinajstić information content (AvgIpc) is 3.69. The van der Waals surface area contributed by atoms with Gasteiger partial charge >= 0.3 is 0 Å². The number of anilines is 6. The smallest absolute Gasteiger partial charge is 0.159 e. The molecule has 0 amide bonds. The quantitative estimate of drug-likeness (QED) is 0.142. The highest BCUT2D eigenvalue weighted by atomic mass is 28.3. The lowest BCUT2D eigenvalue weighted by atomic mass is 9.94. The summed E-state index contributed by atoms with van der Waals surface area (Å²) in [5.41, 5.74) is 13.5. The van der Waals surface area contributed by atoms with Gasteiger partial charge in [0.25, 0.3) is 0 Å². The largest absolute Gasteiger partial charge is 0.454 e. The Morgan fingerprint density at radius 1 is 0.419 bits per heavy atom. The van der Waals surface area contributed by atoms with Gasteiger partial charge in [-0.25, -0.2) is 0 Å². The first kappa shape index (κ1) is 38.0. The Balaban J connectivity index is 1.13. The van der Waals surface area contributed by atoms with Crippen molar-refractivity contribution in [2.45, 2.75) is 32.7 Å². The van der Waals surface area contributed by atoms with Crippen LogP contribution in [0.4, 0.5) is 34.1 Å². The van der Waals surface area contributed by atoms with Crippen LogP contribution in [0.5, 0.6) is 0 Å². The molecular formula is C57H48N2OSi2. The van der Waals surface area contributed by atoms with Crippen molar-refractivity contribution in [2.75, 3.05) is 9.80 Å². The zero-order chi connectivity index (χ0) is 42.2. The molecule has 0 saturated heterocycles. The summed E-state index contributed by atoms with van der Waals surface area (Å²) in [5.74, 6) is 0. The third-order valence-corrected chi connectivity index (χ3v) is 18.6. The van der Waals surface area contributed by atoms with Crippen LogP contribution >= 0.6 is 0 Å². The van der Waals surface area contributed by atoms with Crippen LogP contribution in [-0.2, 0) is 0 Å². The van der Waals surface area contributed by atoms with Crippen molar-refractivity contribution in [2.24, 2.45) is 0 Å². The van der Waals surface area contributed by atoms with Gasteiger partial charge in [-0.1, -0.05) is 177 Å². The summed E-state index contributed by atoms with van der Waals surface area (Å²) in [6.45, 7) is 12.3. The van der Waals surface area contributed by atoms with Crippen LogP contribution in [0.15, 0.2) is 205 Å². The van der Waals surface area contributed by atoms with E-state index in [2.05, 4.69) is 243 Å². The molecule has 11 rings (SSSR count). The molecule has 0 bridgehead atoms. The van der Waals surface area contributed by atoms with Crippen LogP contribution in [0.2, 0.25) is 32.7 Å². The minimum absolute atomic E-state index is 0.878. The van der Waals surface area contributed by atoms with Gasteiger partial charge in [-0.3, -0.25) is 0 Å². The van der Waals surface area contributed by atoms with Crippen LogP contribution in [0.25, 0.3) is 55.0 Å². The number of furan rings is 1. The molecule has 3 nitrogen and oxygen atoms in total. The Morgan fingerprint density at radius 3 is 1.82 bits per heavy atom. The molecule has 9 aromatic carbocycles. The van der Waals surface area contributed by atoms with Crippen molar-refractivity contribution in [3.05, 3.63) is 200 Å². The average molecular weight is 833 g/mol. The second-order valence-electron chi connectivity index (χ2n) is 18.2. The summed E-state index contributed by atoms with van der Waals surface area (Å²) in [6, 6.07) is 73.6. The van der Waals surface area contributed by atoms with Crippen LogP contribution in [0.1, 0.15) is 0 Å². The highest BCUT2D eigenvalue weighted by Crippen LogP contribution is 2.49. The van der Waals surface area contributed by atoms with Crippen LogP contribution in [0.3, 0.4) is 0 Å². The van der Waals surface area contributed by atoms with E-state index in [0.29, 0.717) is 0 Å². The van der Waals surface area contributed by atoms with Crippen molar-refractivity contribution in [1.82, 2.24) is 0 Å². The maximum Gasteiger partial charge on any atom is 0.159 e. The first-order valence-electron chi connectivity index (χ1n) is 21.7. The minimum Gasteiger partial charge on any atom is -0.454 e. The van der Waals surface area contributed by atoms with E-state index in [1.807, 2.05) is 0 Å². The Morgan fingerprint density at radius 2 is 1.03 bits per heavy atom. The third-order valence-electron chi connectivity index (χ3n) is 13.0. The molecule has 1 aliphatic heterocycles. The Labute approximate surface area is 366 Å². The zero-order valence-corrected chi connectivity index (χ0v) is 37.9. The van der Waals surface area contributed by atoms with Gasteiger partial charge in [0.15, 0.2) is 5.58 Å². The second kappa shape index (κ2) is 14.6. The number of rotatable bonds is 8. The molecule has 0 radical (unpaired) electrons. The molecule has 300 valence electrons. The maximum absolute atomic E-state index is 6.80. The van der Waals surface area contributed by atoms with E-state index >= 15 is 0 Å². The molecule has 2 heterocycles. The van der Waals surface area contributed by atoms with Gasteiger partial charge in [-0.2, -0.15) is 0 Å². The van der Waals surface area contributed by atoms with Gasteiger partial charge < -0.3 is 14.2 Å². The first-order valence-corrected chi connectivity index (χ1v) is 28.2. The van der Waals surface area contributed by atoms with Crippen molar-refractivity contribution in [3.63, 3.8) is 0 Å². The monoisotopic (exact) mass is 832 g/mol. The molecule has 0 fully saturated rings. The molecule has 0 N–H and O–H groups in total. The number of benzene rings is 9. The van der Waals surface area contributed by atoms with E-state index in [1.54, 1.807) is 0 Å². The van der Waals surface area contributed by atoms with Crippen molar-refractivity contribution in [3.8, 4) is 22.3 Å². The minimum atomic E-state index is -2.28. The molecule has 0 spiro atoms. The van der Waals surface area contributed by atoms with E-state index in [4.69, 9.17) is 4.42 Å². The summed E-state index contributed by atoms with van der Waals surface area (Å²) >= 11 is 0. The standard InChI is InChI=1S/C57H48N2OSi2/c1-61(2,3)43-33-30-41(31-34-43)58(40-20-10-7-11-21-40)42-32-35-46-47-36-37-51(49-25-17-29-54(56(47)49)62(4,5)55(46)38-42)59(50-26-14-12-22-44(50)39-18-8-6-9-19-39)52-27-16-24-48-45-23-13-15-28-53(45)60-57(48)52/h6-38H,1-5H3. The van der Waals surface area contributed by atoms with E-state index in [1.165, 1.54) is 54.4 Å². The lowest BCUT2D eigenvalue weighted by Crippen LogP contribution is -2.56. The number of nitrogens with zero attached hydrogens (tertiary/aromatic N) is 2. The molecule has 10 aromatic rings. The van der Waals surface area contributed by atoms with Gasteiger partial charge in [0.05, 0.1) is 25.1 Å². The van der Waals surface area contributed by atoms with Gasteiger partial charge in [-0.05, 0) is 93.1 Å². The fraction of sp³-hybridized carbons (Fsp3) is 0.0877. The normalized spacial score (nSPS) is 13.0. The van der Waals surface area contributed by atoms with Crippen LogP contribution < -0.4 is 25.4 Å². The lowest BCUT2D eigenvalue weighted by molar-refractivity contribution is 0.669. The molecule has 62 heavy (non-hydrogen) atoms. The number of fused-ring (bicyclic) bond motifs is 5. The number of hydrogen-bond donors (Lipinski definition) is 0. The summed E-state index contributed by atoms with van der Waals surface area (Å²) in [5, 5.41) is 9.20. The zero-order valence-electron chi connectivity index (χ0n) is 35.9. The Bertz CT molecular complexity index is 3310. The molecule has 0 aliphatic carbocycles. The van der Waals surface area contributed by atoms with Crippen molar-refractivity contribution in [1.29, 1.82) is 0 Å². The maximum atomic E-state index is 6.80. The highest BCUT2D eigenvalue weighted by molar-refractivity contribution is 7.03. The SMILES string of the molecule is C[Si](C)(C)c1ccc(N(c2ccccc2)c2ccc3c(c2)[Si](C)(C)c2cccc4c(N(c5ccccc5-c5ccccc5)c5cccc6c5oc5ccccc56)ccc-3c24)cc1. The molecule has 5 heteroatoms. The fourth-order valence-electron chi connectivity index (χ4n) is 9.86. The highest BCUT2D eigenvalue weighted by Gasteiger charge is 2.37. The van der Waals surface area contributed by atoms with Gasteiger partial charge in [-0.15, -0.1) is 0 Å². The van der Waals surface area contributed by atoms with Crippen LogP contribution in [0, 0.1) is 0 Å². The van der Waals surface area contributed by atoms with Crippen molar-refractivity contribution < 1.29 is 4.42 Å².